The minimum Gasteiger partial charge on any atom is -0.495 e. The summed E-state index contributed by atoms with van der Waals surface area (Å²) in [7, 11) is 1.41. The molecule has 8 heteroatoms. The zero-order chi connectivity index (χ0) is 18.7. The number of nitro groups is 1. The number of carbonyl (C=O) groups excluding carboxylic acids is 2. The maximum absolute atomic E-state index is 12.6. The van der Waals surface area contributed by atoms with E-state index in [4.69, 9.17) is 4.74 Å². The first-order chi connectivity index (χ1) is 12.5. The average Bonchev–Trinajstić information content (AvgIpc) is 3.04. The number of non-ortho nitro benzene ring substituents is 1. The summed E-state index contributed by atoms with van der Waals surface area (Å²) in [5.74, 6) is -0.752. The molecule has 1 unspecified atom stereocenters. The molecule has 134 valence electrons. The molecule has 2 aromatic rings. The van der Waals surface area contributed by atoms with Gasteiger partial charge in [-0.05, 0) is 18.2 Å². The average molecular weight is 355 g/mol. The number of benzene rings is 2. The van der Waals surface area contributed by atoms with Gasteiger partial charge in [0.1, 0.15) is 5.75 Å². The highest BCUT2D eigenvalue weighted by Gasteiger charge is 2.35. The molecule has 0 saturated carbocycles. The summed E-state index contributed by atoms with van der Waals surface area (Å²) in [4.78, 5) is 36.8. The van der Waals surface area contributed by atoms with Gasteiger partial charge < -0.3 is 15.0 Å². The van der Waals surface area contributed by atoms with Gasteiger partial charge in [0.05, 0.1) is 23.6 Å². The van der Waals surface area contributed by atoms with Crippen molar-refractivity contribution in [3.63, 3.8) is 0 Å². The molecule has 1 fully saturated rings. The number of anilines is 2. The third-order valence-electron chi connectivity index (χ3n) is 4.22. The lowest BCUT2D eigenvalue weighted by Gasteiger charge is -2.17. The molecule has 1 atom stereocenters. The Balaban J connectivity index is 1.76. The Kier molecular flexibility index (Phi) is 4.83. The first-order valence-electron chi connectivity index (χ1n) is 7.98. The smallest absolute Gasteiger partial charge is 0.271 e. The van der Waals surface area contributed by atoms with Crippen LogP contribution < -0.4 is 15.0 Å². The lowest BCUT2D eigenvalue weighted by Crippen LogP contribution is -2.28. The van der Waals surface area contributed by atoms with E-state index in [1.165, 1.54) is 25.3 Å². The Morgan fingerprint density at radius 1 is 1.27 bits per heavy atom. The van der Waals surface area contributed by atoms with Crippen LogP contribution in [0.1, 0.15) is 6.42 Å². The van der Waals surface area contributed by atoms with Crippen LogP contribution in [0.5, 0.6) is 5.75 Å². The molecule has 1 aliphatic heterocycles. The molecule has 26 heavy (non-hydrogen) atoms. The van der Waals surface area contributed by atoms with Crippen LogP contribution in [0.2, 0.25) is 0 Å². The van der Waals surface area contributed by atoms with Gasteiger partial charge in [-0.15, -0.1) is 0 Å². The summed E-state index contributed by atoms with van der Waals surface area (Å²) in [5.41, 5.74) is 0.785. The SMILES string of the molecule is COc1ccc([N+](=O)[O-])cc1NC(=O)C1CC(=O)N(c2ccccc2)C1. The van der Waals surface area contributed by atoms with E-state index in [-0.39, 0.29) is 36.2 Å². The fourth-order valence-electron chi connectivity index (χ4n) is 2.88. The normalized spacial score (nSPS) is 16.4. The summed E-state index contributed by atoms with van der Waals surface area (Å²) in [6.45, 7) is 0.256. The highest BCUT2D eigenvalue weighted by Crippen LogP contribution is 2.31. The van der Waals surface area contributed by atoms with Crippen molar-refractivity contribution in [2.75, 3.05) is 23.9 Å². The van der Waals surface area contributed by atoms with Crippen molar-refractivity contribution in [2.24, 2.45) is 5.92 Å². The second-order valence-electron chi connectivity index (χ2n) is 5.87. The van der Waals surface area contributed by atoms with Gasteiger partial charge in [-0.1, -0.05) is 18.2 Å². The Morgan fingerprint density at radius 2 is 2.00 bits per heavy atom. The van der Waals surface area contributed by atoms with Gasteiger partial charge in [-0.25, -0.2) is 0 Å². The highest BCUT2D eigenvalue weighted by molar-refractivity contribution is 6.04. The summed E-state index contributed by atoms with van der Waals surface area (Å²) >= 11 is 0. The number of hydrogen-bond donors (Lipinski definition) is 1. The second-order valence-corrected chi connectivity index (χ2v) is 5.87. The molecule has 1 saturated heterocycles. The third kappa shape index (κ3) is 3.49. The molecule has 3 rings (SSSR count). The van der Waals surface area contributed by atoms with Gasteiger partial charge in [-0.2, -0.15) is 0 Å². The maximum atomic E-state index is 12.6. The molecule has 0 aromatic heterocycles. The van der Waals surface area contributed by atoms with E-state index in [9.17, 15) is 19.7 Å². The van der Waals surface area contributed by atoms with E-state index in [2.05, 4.69) is 5.32 Å². The monoisotopic (exact) mass is 355 g/mol. The van der Waals surface area contributed by atoms with E-state index in [0.717, 1.165) is 5.69 Å². The van der Waals surface area contributed by atoms with Crippen molar-refractivity contribution >= 4 is 28.9 Å². The van der Waals surface area contributed by atoms with E-state index >= 15 is 0 Å². The molecule has 1 N–H and O–H groups in total. The zero-order valence-corrected chi connectivity index (χ0v) is 14.0. The molecule has 0 bridgehead atoms. The van der Waals surface area contributed by atoms with Crippen LogP contribution in [0.3, 0.4) is 0 Å². The van der Waals surface area contributed by atoms with E-state index in [0.29, 0.717) is 5.75 Å². The van der Waals surface area contributed by atoms with E-state index in [1.54, 1.807) is 4.90 Å². The predicted octanol–water partition coefficient (Wildman–Crippen LogP) is 2.60. The van der Waals surface area contributed by atoms with Crippen LogP contribution in [-0.2, 0) is 9.59 Å². The van der Waals surface area contributed by atoms with E-state index < -0.39 is 10.8 Å². The number of ether oxygens (including phenoxy) is 1. The van der Waals surface area contributed by atoms with Gasteiger partial charge >= 0.3 is 0 Å². The van der Waals surface area contributed by atoms with Crippen LogP contribution in [-0.4, -0.2) is 30.4 Å². The van der Waals surface area contributed by atoms with Crippen molar-refractivity contribution in [1.82, 2.24) is 0 Å². The number of hydrogen-bond acceptors (Lipinski definition) is 5. The van der Waals surface area contributed by atoms with Crippen LogP contribution in [0.4, 0.5) is 17.1 Å². The van der Waals surface area contributed by atoms with Gasteiger partial charge in [0.2, 0.25) is 11.8 Å². The topological polar surface area (TPSA) is 102 Å². The number of nitro benzene ring substituents is 1. The first-order valence-corrected chi connectivity index (χ1v) is 7.98. The molecule has 0 aliphatic carbocycles. The number of nitrogens with zero attached hydrogens (tertiary/aromatic N) is 2. The Labute approximate surface area is 149 Å². The van der Waals surface area contributed by atoms with Crippen molar-refractivity contribution in [3.8, 4) is 5.75 Å². The molecule has 0 spiro atoms. The lowest BCUT2D eigenvalue weighted by atomic mass is 10.1. The number of para-hydroxylation sites is 1. The van der Waals surface area contributed by atoms with Crippen LogP contribution >= 0.6 is 0 Å². The number of carbonyl (C=O) groups is 2. The summed E-state index contributed by atoms with van der Waals surface area (Å²) in [6, 6.07) is 13.1. The van der Waals surface area contributed by atoms with Crippen LogP contribution in [0, 0.1) is 16.0 Å². The number of methoxy groups -OCH3 is 1. The van der Waals surface area contributed by atoms with Gasteiger partial charge in [0.15, 0.2) is 0 Å². The predicted molar refractivity (Wildman–Crippen MR) is 95.2 cm³/mol. The molecule has 1 aliphatic rings. The third-order valence-corrected chi connectivity index (χ3v) is 4.22. The molecule has 0 radical (unpaired) electrons. The number of rotatable bonds is 5. The first kappa shape index (κ1) is 17.4. The van der Waals surface area contributed by atoms with Crippen molar-refractivity contribution in [1.29, 1.82) is 0 Å². The summed E-state index contributed by atoms with van der Waals surface area (Å²) < 4.78 is 5.14. The second kappa shape index (κ2) is 7.22. The van der Waals surface area contributed by atoms with Gasteiger partial charge in [-0.3, -0.25) is 19.7 Å². The Morgan fingerprint density at radius 3 is 2.65 bits per heavy atom. The molecule has 2 amide bonds. The van der Waals surface area contributed by atoms with Gasteiger partial charge in [0, 0.05) is 30.8 Å². The maximum Gasteiger partial charge on any atom is 0.271 e. The molecular weight excluding hydrogens is 338 g/mol. The minimum atomic E-state index is -0.550. The summed E-state index contributed by atoms with van der Waals surface area (Å²) in [5, 5.41) is 13.6. The quantitative estimate of drug-likeness (QED) is 0.656. The molecule has 1 heterocycles. The van der Waals surface area contributed by atoms with Crippen molar-refractivity contribution in [3.05, 3.63) is 58.6 Å². The van der Waals surface area contributed by atoms with E-state index in [1.807, 2.05) is 30.3 Å². The van der Waals surface area contributed by atoms with Crippen molar-refractivity contribution < 1.29 is 19.2 Å². The van der Waals surface area contributed by atoms with Crippen LogP contribution in [0.15, 0.2) is 48.5 Å². The highest BCUT2D eigenvalue weighted by atomic mass is 16.6. The lowest BCUT2D eigenvalue weighted by molar-refractivity contribution is -0.384. The number of amides is 2. The van der Waals surface area contributed by atoms with Gasteiger partial charge in [0.25, 0.3) is 5.69 Å². The molecular formula is C18H17N3O5. The summed E-state index contributed by atoms with van der Waals surface area (Å²) in [6.07, 6.45) is 0.0813. The zero-order valence-electron chi connectivity index (χ0n) is 14.0. The van der Waals surface area contributed by atoms with Crippen LogP contribution in [0.25, 0.3) is 0 Å². The number of nitrogens with one attached hydrogen (secondary N) is 1. The van der Waals surface area contributed by atoms with Crippen molar-refractivity contribution in [2.45, 2.75) is 6.42 Å². The largest absolute Gasteiger partial charge is 0.495 e. The Hall–Kier alpha value is -3.42. The molecule has 2 aromatic carbocycles. The fraction of sp³-hybridized carbons (Fsp3) is 0.222. The minimum absolute atomic E-state index is 0.0813. The fourth-order valence-corrected chi connectivity index (χ4v) is 2.88. The molecule has 8 nitrogen and oxygen atoms in total. The standard InChI is InChI=1S/C18H17N3O5/c1-26-16-8-7-14(21(24)25)10-15(16)19-18(23)12-9-17(22)20(11-12)13-5-3-2-4-6-13/h2-8,10,12H,9,11H2,1H3,(H,19,23). The Bertz CT molecular complexity index is 853.